The van der Waals surface area contributed by atoms with Crippen molar-refractivity contribution in [1.82, 2.24) is 5.32 Å². The van der Waals surface area contributed by atoms with Crippen molar-refractivity contribution >= 4 is 11.9 Å². The van der Waals surface area contributed by atoms with E-state index in [1.165, 1.54) is 0 Å². The minimum absolute atomic E-state index is 0.240. The third-order valence-corrected chi connectivity index (χ3v) is 4.54. The van der Waals surface area contributed by atoms with Crippen molar-refractivity contribution in [1.29, 1.82) is 0 Å². The van der Waals surface area contributed by atoms with Gasteiger partial charge in [0.25, 0.3) is 5.91 Å². The molecule has 1 amide bonds. The Balaban J connectivity index is 2.22. The van der Waals surface area contributed by atoms with Gasteiger partial charge in [0.1, 0.15) is 11.5 Å². The van der Waals surface area contributed by atoms with Crippen molar-refractivity contribution in [3.05, 3.63) is 22.6 Å². The molecule has 2 N–H and O–H groups in total. The average Bonchev–Trinajstić information content (AvgIpc) is 2.83. The molecule has 20 heavy (non-hydrogen) atoms. The zero-order chi connectivity index (χ0) is 15.1. The summed E-state index contributed by atoms with van der Waals surface area (Å²) in [5.41, 5.74) is 0.466. The van der Waals surface area contributed by atoms with Gasteiger partial charge in [-0.1, -0.05) is 6.42 Å². The van der Waals surface area contributed by atoms with E-state index in [-0.39, 0.29) is 11.9 Å². The lowest BCUT2D eigenvalue weighted by Gasteiger charge is -2.27. The van der Waals surface area contributed by atoms with Gasteiger partial charge < -0.3 is 14.8 Å². The van der Waals surface area contributed by atoms with Crippen LogP contribution in [0.15, 0.2) is 4.42 Å². The van der Waals surface area contributed by atoms with E-state index in [2.05, 4.69) is 5.32 Å². The van der Waals surface area contributed by atoms with E-state index in [1.807, 2.05) is 13.8 Å². The molecule has 1 aliphatic rings. The maximum Gasteiger partial charge on any atom is 0.311 e. The first-order valence-corrected chi connectivity index (χ1v) is 6.88. The Labute approximate surface area is 118 Å². The number of carbonyl (C=O) groups is 2. The van der Waals surface area contributed by atoms with E-state index in [0.29, 0.717) is 24.2 Å². The molecule has 5 nitrogen and oxygen atoms in total. The van der Waals surface area contributed by atoms with E-state index in [1.54, 1.807) is 13.8 Å². The second-order valence-electron chi connectivity index (χ2n) is 5.86. The lowest BCUT2D eigenvalue weighted by molar-refractivity contribution is -0.148. The van der Waals surface area contributed by atoms with Gasteiger partial charge in [-0.15, -0.1) is 0 Å². The van der Waals surface area contributed by atoms with Crippen molar-refractivity contribution in [2.45, 2.75) is 53.0 Å². The first kappa shape index (κ1) is 14.6. The molecule has 1 aromatic rings. The van der Waals surface area contributed by atoms with Crippen LogP contribution in [0.3, 0.4) is 0 Å². The summed E-state index contributed by atoms with van der Waals surface area (Å²) >= 11 is 0. The number of rotatable bonds is 3. The number of carboxylic acids is 1. The Morgan fingerprint density at radius 2 is 1.95 bits per heavy atom. The van der Waals surface area contributed by atoms with Crippen molar-refractivity contribution in [3.8, 4) is 0 Å². The van der Waals surface area contributed by atoms with Gasteiger partial charge in [0.15, 0.2) is 0 Å². The van der Waals surface area contributed by atoms with Crippen molar-refractivity contribution < 1.29 is 19.1 Å². The van der Waals surface area contributed by atoms with Crippen LogP contribution in [0, 0.1) is 26.2 Å². The summed E-state index contributed by atoms with van der Waals surface area (Å²) in [6, 6.07) is -0.332. The molecular weight excluding hydrogens is 258 g/mol. The van der Waals surface area contributed by atoms with Gasteiger partial charge in [-0.05, 0) is 40.5 Å². The van der Waals surface area contributed by atoms with Crippen LogP contribution in [0.5, 0.6) is 0 Å². The number of hydrogen-bond donors (Lipinski definition) is 2. The maximum absolute atomic E-state index is 12.4. The van der Waals surface area contributed by atoms with E-state index in [4.69, 9.17) is 4.42 Å². The molecule has 0 aromatic carbocycles. The van der Waals surface area contributed by atoms with Gasteiger partial charge >= 0.3 is 5.97 Å². The quantitative estimate of drug-likeness (QED) is 0.891. The standard InChI is InChI=1S/C15H21NO4/c1-8-9(2)20-10(3)12(8)13(17)16-11-6-5-7-15(11,4)14(18)19/h11H,5-7H2,1-4H3,(H,16,17)(H,18,19). The van der Waals surface area contributed by atoms with E-state index in [9.17, 15) is 14.7 Å². The Bertz CT molecular complexity index is 560. The Morgan fingerprint density at radius 3 is 2.45 bits per heavy atom. The zero-order valence-electron chi connectivity index (χ0n) is 12.4. The van der Waals surface area contributed by atoms with Crippen LogP contribution in [0.2, 0.25) is 0 Å². The monoisotopic (exact) mass is 279 g/mol. The fraction of sp³-hybridized carbons (Fsp3) is 0.600. The summed E-state index contributed by atoms with van der Waals surface area (Å²) < 4.78 is 5.45. The molecule has 110 valence electrons. The van der Waals surface area contributed by atoms with Crippen LogP contribution in [-0.4, -0.2) is 23.0 Å². The predicted octanol–water partition coefficient (Wildman–Crippen LogP) is 2.58. The number of aliphatic carboxylic acids is 1. The molecule has 0 bridgehead atoms. The molecule has 2 atom stereocenters. The second-order valence-corrected chi connectivity index (χ2v) is 5.86. The van der Waals surface area contributed by atoms with Crippen LogP contribution in [0.1, 0.15) is 53.6 Å². The van der Waals surface area contributed by atoms with Crippen molar-refractivity contribution in [2.75, 3.05) is 0 Å². The number of carbonyl (C=O) groups excluding carboxylic acids is 1. The highest BCUT2D eigenvalue weighted by Crippen LogP contribution is 2.38. The first-order valence-electron chi connectivity index (χ1n) is 6.88. The van der Waals surface area contributed by atoms with Crippen molar-refractivity contribution in [2.24, 2.45) is 5.41 Å². The second kappa shape index (κ2) is 4.96. The summed E-state index contributed by atoms with van der Waals surface area (Å²) in [6.07, 6.45) is 2.11. The summed E-state index contributed by atoms with van der Waals surface area (Å²) in [7, 11) is 0. The first-order chi connectivity index (χ1) is 9.27. The molecule has 0 aliphatic heterocycles. The molecule has 0 spiro atoms. The van der Waals surface area contributed by atoms with Gasteiger partial charge in [-0.2, -0.15) is 0 Å². The zero-order valence-corrected chi connectivity index (χ0v) is 12.4. The summed E-state index contributed by atoms with van der Waals surface area (Å²) in [5.74, 6) is 0.209. The third kappa shape index (κ3) is 2.21. The molecule has 0 radical (unpaired) electrons. The van der Waals surface area contributed by atoms with Crippen LogP contribution >= 0.6 is 0 Å². The van der Waals surface area contributed by atoms with E-state index in [0.717, 1.165) is 17.7 Å². The molecule has 0 saturated heterocycles. The SMILES string of the molecule is Cc1oc(C)c(C(=O)NC2CCCC2(C)C(=O)O)c1C. The number of hydrogen-bond acceptors (Lipinski definition) is 3. The minimum Gasteiger partial charge on any atom is -0.481 e. The van der Waals surface area contributed by atoms with Crippen LogP contribution in [0.4, 0.5) is 0 Å². The largest absolute Gasteiger partial charge is 0.481 e. The smallest absolute Gasteiger partial charge is 0.311 e. The molecular formula is C15H21NO4. The van der Waals surface area contributed by atoms with Crippen molar-refractivity contribution in [3.63, 3.8) is 0 Å². The number of furan rings is 1. The summed E-state index contributed by atoms with van der Waals surface area (Å²) in [6.45, 7) is 7.11. The number of aryl methyl sites for hydroxylation is 2. The highest BCUT2D eigenvalue weighted by molar-refractivity contribution is 5.97. The predicted molar refractivity (Wildman–Crippen MR) is 73.8 cm³/mol. The van der Waals surface area contributed by atoms with Crippen LogP contribution in [-0.2, 0) is 4.79 Å². The molecule has 2 unspecified atom stereocenters. The molecule has 2 rings (SSSR count). The molecule has 1 saturated carbocycles. The van der Waals surface area contributed by atoms with Gasteiger partial charge in [-0.25, -0.2) is 0 Å². The number of amides is 1. The topological polar surface area (TPSA) is 79.5 Å². The Kier molecular flexibility index (Phi) is 3.63. The van der Waals surface area contributed by atoms with Crippen LogP contribution < -0.4 is 5.32 Å². The third-order valence-electron chi connectivity index (χ3n) is 4.54. The van der Waals surface area contributed by atoms with Gasteiger partial charge in [0.05, 0.1) is 11.0 Å². The van der Waals surface area contributed by atoms with E-state index >= 15 is 0 Å². The van der Waals surface area contributed by atoms with Crippen LogP contribution in [0.25, 0.3) is 0 Å². The number of nitrogens with one attached hydrogen (secondary N) is 1. The molecule has 1 heterocycles. The molecule has 5 heteroatoms. The average molecular weight is 279 g/mol. The molecule has 1 aromatic heterocycles. The maximum atomic E-state index is 12.4. The minimum atomic E-state index is -0.879. The number of carboxylic acid groups (broad SMARTS) is 1. The summed E-state index contributed by atoms with van der Waals surface area (Å²) in [5, 5.41) is 12.3. The molecule has 1 aliphatic carbocycles. The lowest BCUT2D eigenvalue weighted by atomic mass is 9.84. The van der Waals surface area contributed by atoms with E-state index < -0.39 is 11.4 Å². The van der Waals surface area contributed by atoms with Gasteiger partial charge in [0.2, 0.25) is 0 Å². The van der Waals surface area contributed by atoms with Gasteiger partial charge in [-0.3, -0.25) is 9.59 Å². The fourth-order valence-electron chi connectivity index (χ4n) is 3.01. The lowest BCUT2D eigenvalue weighted by Crippen LogP contribution is -2.47. The van der Waals surface area contributed by atoms with Gasteiger partial charge in [0, 0.05) is 11.6 Å². The highest BCUT2D eigenvalue weighted by atomic mass is 16.4. The summed E-state index contributed by atoms with van der Waals surface area (Å²) in [4.78, 5) is 23.8. The Morgan fingerprint density at radius 1 is 1.30 bits per heavy atom. The highest BCUT2D eigenvalue weighted by Gasteiger charge is 2.46. The molecule has 1 fully saturated rings. The fourth-order valence-corrected chi connectivity index (χ4v) is 3.01. The Hall–Kier alpha value is -1.78. The normalized spacial score (nSPS) is 25.7.